The van der Waals surface area contributed by atoms with E-state index in [1.54, 1.807) is 36.6 Å². The first-order chi connectivity index (χ1) is 25.8. The molecule has 2 aliphatic heterocycles. The van der Waals surface area contributed by atoms with Crippen LogP contribution in [-0.4, -0.2) is 142 Å². The number of aliphatic hydroxyl groups excluding tert-OH is 2. The maximum atomic E-state index is 14.2. The molecule has 1 aromatic carbocycles. The van der Waals surface area contributed by atoms with Gasteiger partial charge >= 0.3 is 5.97 Å². The van der Waals surface area contributed by atoms with Gasteiger partial charge < -0.3 is 52.1 Å². The van der Waals surface area contributed by atoms with Gasteiger partial charge in [-0.2, -0.15) is 11.8 Å². The summed E-state index contributed by atoms with van der Waals surface area (Å²) in [5, 5.41) is 45.2. The van der Waals surface area contributed by atoms with Gasteiger partial charge in [0.15, 0.2) is 0 Å². The number of likely N-dealkylation sites (tertiary alicyclic amines) is 1. The first kappa shape index (κ1) is 44.1. The minimum absolute atomic E-state index is 0.0383. The third-order valence-corrected chi connectivity index (χ3v) is 9.95. The lowest BCUT2D eigenvalue weighted by Gasteiger charge is -2.31. The van der Waals surface area contributed by atoms with Crippen molar-refractivity contribution in [1.29, 1.82) is 0 Å². The van der Waals surface area contributed by atoms with Crippen LogP contribution in [0.15, 0.2) is 30.3 Å². The van der Waals surface area contributed by atoms with Crippen LogP contribution in [0.1, 0.15) is 57.9 Å². The Morgan fingerprint density at radius 1 is 0.796 bits per heavy atom. The van der Waals surface area contributed by atoms with Crippen molar-refractivity contribution < 1.29 is 48.9 Å². The molecule has 0 bridgehead atoms. The van der Waals surface area contributed by atoms with Gasteiger partial charge in [0, 0.05) is 13.0 Å². The summed E-state index contributed by atoms with van der Waals surface area (Å²) in [6.07, 6.45) is 4.16. The number of hydrogen-bond acceptors (Lipinski definition) is 11. The topological polar surface area (TPSA) is 256 Å². The molecule has 54 heavy (non-hydrogen) atoms. The molecule has 2 heterocycles. The number of aliphatic hydroxyl groups is 2. The van der Waals surface area contributed by atoms with E-state index in [9.17, 15) is 48.9 Å². The van der Waals surface area contributed by atoms with E-state index < -0.39 is 96.9 Å². The molecular weight excluding hydrogens is 723 g/mol. The highest BCUT2D eigenvalue weighted by Gasteiger charge is 2.40. The number of carboxylic acids is 1. The third-order valence-electron chi connectivity index (χ3n) is 9.31. The van der Waals surface area contributed by atoms with Crippen molar-refractivity contribution in [3.05, 3.63) is 35.9 Å². The molecule has 17 nitrogen and oxygen atoms in total. The normalized spacial score (nSPS) is 19.6. The highest BCUT2D eigenvalue weighted by Crippen LogP contribution is 2.21. The van der Waals surface area contributed by atoms with Gasteiger partial charge in [-0.3, -0.25) is 28.8 Å². The van der Waals surface area contributed by atoms with Crippen molar-refractivity contribution in [1.82, 2.24) is 36.8 Å². The lowest BCUT2D eigenvalue weighted by atomic mass is 10.00. The average molecular weight is 778 g/mol. The van der Waals surface area contributed by atoms with Crippen LogP contribution < -0.4 is 31.9 Å². The first-order valence-electron chi connectivity index (χ1n) is 18.3. The molecule has 1 aromatic rings. The standard InChI is InChI=1S/C36H55N7O10S/c1-21(2)17-25(39-33(49)27(19-44)41-30(46)23-11-7-14-37-23)31(47)40-26(18-22-9-5-4-6-10-22)35(51)43-15-8-12-29(43)34(50)42-28(20-45)32(48)38-24(36(52)53)13-16-54-3/h4-6,9-10,21,23-29,37,44-45H,7-8,11-20H2,1-3H3,(H,38,48)(H,39,49)(H,40,47)(H,41,46)(H,42,50)(H,52,53)/t23-,24-,25-,26-,27-,28-,29-/m0/s1. The summed E-state index contributed by atoms with van der Waals surface area (Å²) < 4.78 is 0. The van der Waals surface area contributed by atoms with Gasteiger partial charge in [0.2, 0.25) is 35.4 Å². The zero-order chi connectivity index (χ0) is 39.8. The smallest absolute Gasteiger partial charge is 0.326 e. The second-order valence-corrected chi connectivity index (χ2v) is 14.9. The van der Waals surface area contributed by atoms with Crippen LogP contribution in [0.4, 0.5) is 0 Å². The molecule has 0 unspecified atom stereocenters. The van der Waals surface area contributed by atoms with Crippen molar-refractivity contribution >= 4 is 53.2 Å². The van der Waals surface area contributed by atoms with Crippen LogP contribution in [0.25, 0.3) is 0 Å². The Kier molecular flexibility index (Phi) is 18.1. The van der Waals surface area contributed by atoms with E-state index in [1.807, 2.05) is 13.8 Å². The van der Waals surface area contributed by atoms with Crippen molar-refractivity contribution in [3.63, 3.8) is 0 Å². The maximum Gasteiger partial charge on any atom is 0.326 e. The molecule has 3 rings (SSSR count). The molecule has 0 aromatic heterocycles. The van der Waals surface area contributed by atoms with E-state index >= 15 is 0 Å². The van der Waals surface area contributed by atoms with Crippen LogP contribution >= 0.6 is 11.8 Å². The Hall–Kier alpha value is -4.26. The van der Waals surface area contributed by atoms with Crippen LogP contribution in [0, 0.1) is 5.92 Å². The predicted molar refractivity (Wildman–Crippen MR) is 200 cm³/mol. The Labute approximate surface area is 319 Å². The predicted octanol–water partition coefficient (Wildman–Crippen LogP) is -1.74. The third kappa shape index (κ3) is 13.2. The summed E-state index contributed by atoms with van der Waals surface area (Å²) in [4.78, 5) is 93.4. The molecule has 18 heteroatoms. The van der Waals surface area contributed by atoms with Gasteiger partial charge in [-0.25, -0.2) is 4.79 Å². The number of carbonyl (C=O) groups excluding carboxylic acids is 6. The van der Waals surface area contributed by atoms with E-state index in [4.69, 9.17) is 0 Å². The van der Waals surface area contributed by atoms with Crippen molar-refractivity contribution in [3.8, 4) is 0 Å². The molecule has 2 fully saturated rings. The summed E-state index contributed by atoms with van der Waals surface area (Å²) >= 11 is 1.40. The van der Waals surface area contributed by atoms with Gasteiger partial charge in [-0.15, -0.1) is 0 Å². The molecule has 0 spiro atoms. The molecule has 0 saturated carbocycles. The summed E-state index contributed by atoms with van der Waals surface area (Å²) in [7, 11) is 0. The maximum absolute atomic E-state index is 14.2. The summed E-state index contributed by atoms with van der Waals surface area (Å²) in [6, 6.07) is 0.974. The Morgan fingerprint density at radius 2 is 1.39 bits per heavy atom. The molecule has 9 N–H and O–H groups in total. The molecule has 2 saturated heterocycles. The SMILES string of the molecule is CSCC[C@H](NC(=O)[C@H](CO)NC(=O)[C@@H]1CCCN1C(=O)[C@H](Cc1ccccc1)NC(=O)[C@H](CC(C)C)NC(=O)[C@H](CO)NC(=O)[C@@H]1CCCN1)C(=O)O. The van der Waals surface area contributed by atoms with Crippen LogP contribution in [-0.2, 0) is 40.0 Å². The monoisotopic (exact) mass is 777 g/mol. The molecule has 0 aliphatic carbocycles. The lowest BCUT2D eigenvalue weighted by molar-refractivity contribution is -0.144. The number of rotatable bonds is 21. The largest absolute Gasteiger partial charge is 0.480 e. The number of thioether (sulfide) groups is 1. The van der Waals surface area contributed by atoms with Gasteiger partial charge in [0.1, 0.15) is 36.3 Å². The number of aliphatic carboxylic acids is 1. The number of benzene rings is 1. The Bertz CT molecular complexity index is 1450. The average Bonchev–Trinajstić information content (AvgIpc) is 3.87. The molecule has 6 amide bonds. The number of carbonyl (C=O) groups is 7. The molecule has 0 radical (unpaired) electrons. The van der Waals surface area contributed by atoms with Crippen molar-refractivity contribution in [2.24, 2.45) is 5.92 Å². The lowest BCUT2D eigenvalue weighted by Crippen LogP contribution is -2.60. The number of amides is 6. The van der Waals surface area contributed by atoms with Crippen LogP contribution in [0.3, 0.4) is 0 Å². The number of nitrogens with one attached hydrogen (secondary N) is 6. The summed E-state index contributed by atoms with van der Waals surface area (Å²) in [5.74, 6) is -4.99. The second-order valence-electron chi connectivity index (χ2n) is 13.9. The Balaban J connectivity index is 1.78. The molecular formula is C36H55N7O10S. The summed E-state index contributed by atoms with van der Waals surface area (Å²) in [5.41, 5.74) is 0.704. The van der Waals surface area contributed by atoms with E-state index in [0.717, 1.165) is 6.42 Å². The quantitative estimate of drug-likeness (QED) is 0.0675. The van der Waals surface area contributed by atoms with Crippen LogP contribution in [0.5, 0.6) is 0 Å². The highest BCUT2D eigenvalue weighted by molar-refractivity contribution is 7.98. The van der Waals surface area contributed by atoms with Crippen LogP contribution in [0.2, 0.25) is 0 Å². The zero-order valence-electron chi connectivity index (χ0n) is 31.0. The fraction of sp³-hybridized carbons (Fsp3) is 0.639. The molecule has 300 valence electrons. The van der Waals surface area contributed by atoms with Crippen molar-refractivity contribution in [2.45, 2.75) is 101 Å². The minimum Gasteiger partial charge on any atom is -0.480 e. The van der Waals surface area contributed by atoms with E-state index in [2.05, 4.69) is 31.9 Å². The first-order valence-corrected chi connectivity index (χ1v) is 19.7. The van der Waals surface area contributed by atoms with E-state index in [-0.39, 0.29) is 38.1 Å². The highest BCUT2D eigenvalue weighted by atomic mass is 32.2. The number of nitrogens with zero attached hydrogens (tertiary/aromatic N) is 1. The van der Waals surface area contributed by atoms with Gasteiger partial charge in [-0.05, 0) is 68.6 Å². The van der Waals surface area contributed by atoms with E-state index in [0.29, 0.717) is 30.7 Å². The Morgan fingerprint density at radius 3 is 1.94 bits per heavy atom. The van der Waals surface area contributed by atoms with E-state index in [1.165, 1.54) is 16.7 Å². The number of hydrogen-bond donors (Lipinski definition) is 9. The molecule has 2 aliphatic rings. The number of carboxylic acid groups (broad SMARTS) is 1. The molecule has 7 atom stereocenters. The van der Waals surface area contributed by atoms with Gasteiger partial charge in [0.25, 0.3) is 0 Å². The van der Waals surface area contributed by atoms with Gasteiger partial charge in [0.05, 0.1) is 19.3 Å². The zero-order valence-corrected chi connectivity index (χ0v) is 31.9. The summed E-state index contributed by atoms with van der Waals surface area (Å²) in [6.45, 7) is 2.98. The fourth-order valence-corrected chi connectivity index (χ4v) is 6.87. The van der Waals surface area contributed by atoms with Crippen molar-refractivity contribution in [2.75, 3.05) is 38.3 Å². The second kappa shape index (κ2) is 22.2. The van der Waals surface area contributed by atoms with Gasteiger partial charge in [-0.1, -0.05) is 44.2 Å². The minimum atomic E-state index is -1.48. The fourth-order valence-electron chi connectivity index (χ4n) is 6.40.